The van der Waals surface area contributed by atoms with Crippen LogP contribution in [0, 0.1) is 5.92 Å². The number of piperidine rings is 1. The van der Waals surface area contributed by atoms with Crippen LogP contribution < -0.4 is 5.32 Å². The van der Waals surface area contributed by atoms with Crippen LogP contribution in [0.5, 0.6) is 0 Å². The third-order valence-electron chi connectivity index (χ3n) is 4.57. The first-order valence-corrected chi connectivity index (χ1v) is 7.38. The second-order valence-corrected chi connectivity index (χ2v) is 5.61. The van der Waals surface area contributed by atoms with Crippen molar-refractivity contribution in [3.63, 3.8) is 0 Å². The summed E-state index contributed by atoms with van der Waals surface area (Å²) in [5, 5.41) is 3.52. The summed E-state index contributed by atoms with van der Waals surface area (Å²) >= 11 is 0. The first-order chi connectivity index (χ1) is 9.88. The Morgan fingerprint density at radius 3 is 3.15 bits per heavy atom. The molecule has 5 nitrogen and oxygen atoms in total. The molecular formula is C15H19N5. The number of aromatic amines is 1. The van der Waals surface area contributed by atoms with Crippen molar-refractivity contribution in [2.45, 2.75) is 25.7 Å². The van der Waals surface area contributed by atoms with Gasteiger partial charge in [-0.15, -0.1) is 0 Å². The van der Waals surface area contributed by atoms with Crippen LogP contribution in [-0.2, 0) is 0 Å². The van der Waals surface area contributed by atoms with Gasteiger partial charge in [-0.3, -0.25) is 4.40 Å². The van der Waals surface area contributed by atoms with Gasteiger partial charge in [0, 0.05) is 18.7 Å². The van der Waals surface area contributed by atoms with E-state index in [-0.39, 0.29) is 0 Å². The normalized spacial score (nSPS) is 23.6. The average Bonchev–Trinajstić information content (AvgIpc) is 3.12. The first-order valence-electron chi connectivity index (χ1n) is 7.38. The Hall–Kier alpha value is -1.88. The van der Waals surface area contributed by atoms with E-state index in [1.807, 2.05) is 18.6 Å². The molecule has 1 fully saturated rings. The number of fused-ring (bicyclic) bond motifs is 3. The van der Waals surface area contributed by atoms with E-state index in [0.717, 1.165) is 29.8 Å². The molecule has 0 amide bonds. The fourth-order valence-electron chi connectivity index (χ4n) is 3.47. The van der Waals surface area contributed by atoms with Gasteiger partial charge in [0.05, 0.1) is 23.4 Å². The third kappa shape index (κ3) is 1.66. The van der Waals surface area contributed by atoms with E-state index >= 15 is 0 Å². The molecule has 3 aromatic heterocycles. The van der Waals surface area contributed by atoms with E-state index in [1.165, 1.54) is 18.7 Å². The Morgan fingerprint density at radius 2 is 2.25 bits per heavy atom. The van der Waals surface area contributed by atoms with Crippen molar-refractivity contribution in [3.05, 3.63) is 30.5 Å². The van der Waals surface area contributed by atoms with Gasteiger partial charge in [-0.1, -0.05) is 13.3 Å². The Morgan fingerprint density at radius 1 is 1.35 bits per heavy atom. The van der Waals surface area contributed by atoms with Crippen LogP contribution in [0.2, 0.25) is 0 Å². The van der Waals surface area contributed by atoms with Crippen molar-refractivity contribution in [3.8, 4) is 0 Å². The summed E-state index contributed by atoms with van der Waals surface area (Å²) in [7, 11) is 0. The highest BCUT2D eigenvalue weighted by molar-refractivity contribution is 5.75. The summed E-state index contributed by atoms with van der Waals surface area (Å²) in [5.74, 6) is 2.37. The zero-order valence-electron chi connectivity index (χ0n) is 11.6. The largest absolute Gasteiger partial charge is 0.345 e. The smallest absolute Gasteiger partial charge is 0.154 e. The fourth-order valence-corrected chi connectivity index (χ4v) is 3.47. The van der Waals surface area contributed by atoms with Gasteiger partial charge in [0.1, 0.15) is 5.82 Å². The topological polar surface area (TPSA) is 58.0 Å². The van der Waals surface area contributed by atoms with Crippen molar-refractivity contribution >= 4 is 16.7 Å². The zero-order chi connectivity index (χ0) is 13.5. The van der Waals surface area contributed by atoms with Crippen molar-refractivity contribution in [2.24, 2.45) is 5.92 Å². The van der Waals surface area contributed by atoms with Crippen molar-refractivity contribution < 1.29 is 0 Å². The molecule has 0 radical (unpaired) electrons. The summed E-state index contributed by atoms with van der Waals surface area (Å²) in [4.78, 5) is 12.3. The predicted octanol–water partition coefficient (Wildman–Crippen LogP) is 2.31. The molecule has 1 saturated heterocycles. The molecule has 2 N–H and O–H groups in total. The molecular weight excluding hydrogens is 250 g/mol. The Bertz CT molecular complexity index is 741. The van der Waals surface area contributed by atoms with Crippen LogP contribution in [0.3, 0.4) is 0 Å². The lowest BCUT2D eigenvalue weighted by atomic mass is 9.84. The molecule has 0 spiro atoms. The quantitative estimate of drug-likeness (QED) is 0.750. The zero-order valence-corrected chi connectivity index (χ0v) is 11.6. The van der Waals surface area contributed by atoms with Crippen LogP contribution >= 0.6 is 0 Å². The number of nitrogens with zero attached hydrogens (tertiary/aromatic N) is 3. The number of hydrogen-bond donors (Lipinski definition) is 2. The Balaban J connectivity index is 1.92. The summed E-state index contributed by atoms with van der Waals surface area (Å²) in [6, 6.07) is 2.08. The second kappa shape index (κ2) is 4.59. The molecule has 5 heteroatoms. The van der Waals surface area contributed by atoms with Gasteiger partial charge < -0.3 is 10.3 Å². The van der Waals surface area contributed by atoms with Gasteiger partial charge in [0.15, 0.2) is 5.65 Å². The lowest BCUT2D eigenvalue weighted by Gasteiger charge is -2.30. The highest BCUT2D eigenvalue weighted by Crippen LogP contribution is 2.32. The van der Waals surface area contributed by atoms with Crippen LogP contribution in [0.15, 0.2) is 24.7 Å². The van der Waals surface area contributed by atoms with E-state index < -0.39 is 0 Å². The van der Waals surface area contributed by atoms with Gasteiger partial charge in [0.2, 0.25) is 0 Å². The fraction of sp³-hybridized carbons (Fsp3) is 0.467. The van der Waals surface area contributed by atoms with E-state index in [2.05, 4.69) is 32.7 Å². The van der Waals surface area contributed by atoms with E-state index in [1.54, 1.807) is 0 Å². The molecule has 3 aromatic rings. The van der Waals surface area contributed by atoms with Gasteiger partial charge >= 0.3 is 0 Å². The standard InChI is InChI=1S/C15H19N5/c1-2-10-3-5-16-9-12(10)15-19-8-11-7-18-14-13(20(11)15)4-6-17-14/h4,6-8,10,12,16-17H,2-3,5,9H2,1H3/t10-,12+/m1/s1. The van der Waals surface area contributed by atoms with Crippen LogP contribution in [0.1, 0.15) is 31.5 Å². The minimum Gasteiger partial charge on any atom is -0.345 e. The third-order valence-corrected chi connectivity index (χ3v) is 4.57. The molecule has 4 rings (SSSR count). The number of hydrogen-bond acceptors (Lipinski definition) is 3. The molecule has 0 saturated carbocycles. The monoisotopic (exact) mass is 269 g/mol. The van der Waals surface area contributed by atoms with E-state index in [9.17, 15) is 0 Å². The van der Waals surface area contributed by atoms with Gasteiger partial charge in [-0.2, -0.15) is 0 Å². The van der Waals surface area contributed by atoms with Gasteiger partial charge in [-0.05, 0) is 24.9 Å². The number of rotatable bonds is 2. The Kier molecular flexibility index (Phi) is 2.73. The molecule has 2 atom stereocenters. The molecule has 1 aliphatic heterocycles. The molecule has 104 valence electrons. The first kappa shape index (κ1) is 11.9. The second-order valence-electron chi connectivity index (χ2n) is 5.61. The maximum Gasteiger partial charge on any atom is 0.154 e. The van der Waals surface area contributed by atoms with E-state index in [4.69, 9.17) is 4.98 Å². The lowest BCUT2D eigenvalue weighted by molar-refractivity contribution is 0.306. The van der Waals surface area contributed by atoms with Crippen LogP contribution in [0.25, 0.3) is 16.7 Å². The predicted molar refractivity (Wildman–Crippen MR) is 78.9 cm³/mol. The maximum atomic E-state index is 4.72. The van der Waals surface area contributed by atoms with Crippen LogP contribution in [-0.4, -0.2) is 32.4 Å². The molecule has 4 heterocycles. The Labute approximate surface area is 117 Å². The van der Waals surface area contributed by atoms with Gasteiger partial charge in [-0.25, -0.2) is 9.97 Å². The number of aromatic nitrogens is 4. The molecule has 0 aromatic carbocycles. The molecule has 1 aliphatic rings. The van der Waals surface area contributed by atoms with Crippen molar-refractivity contribution in [2.75, 3.05) is 13.1 Å². The van der Waals surface area contributed by atoms with E-state index in [0.29, 0.717) is 11.8 Å². The molecule has 20 heavy (non-hydrogen) atoms. The number of H-pyrrole nitrogens is 1. The SMILES string of the molecule is CC[C@@H]1CCNC[C@@H]1c1ncc2cnc3[nH]ccc3n12. The van der Waals surface area contributed by atoms with Crippen molar-refractivity contribution in [1.29, 1.82) is 0 Å². The summed E-state index contributed by atoms with van der Waals surface area (Å²) in [6.07, 6.45) is 8.22. The molecule has 0 aliphatic carbocycles. The average molecular weight is 269 g/mol. The van der Waals surface area contributed by atoms with Gasteiger partial charge in [0.25, 0.3) is 0 Å². The minimum atomic E-state index is 0.483. The maximum absolute atomic E-state index is 4.72. The van der Waals surface area contributed by atoms with Crippen molar-refractivity contribution in [1.82, 2.24) is 24.7 Å². The summed E-state index contributed by atoms with van der Waals surface area (Å²) in [5.41, 5.74) is 3.12. The summed E-state index contributed by atoms with van der Waals surface area (Å²) < 4.78 is 2.26. The summed E-state index contributed by atoms with van der Waals surface area (Å²) in [6.45, 7) is 4.43. The molecule has 0 unspecified atom stereocenters. The lowest BCUT2D eigenvalue weighted by Crippen LogP contribution is -2.35. The molecule has 0 bridgehead atoms. The number of nitrogens with one attached hydrogen (secondary N) is 2. The highest BCUT2D eigenvalue weighted by atomic mass is 15.1. The highest BCUT2D eigenvalue weighted by Gasteiger charge is 2.28. The number of imidazole rings is 1. The minimum absolute atomic E-state index is 0.483. The van der Waals surface area contributed by atoms with Crippen LogP contribution in [0.4, 0.5) is 0 Å².